The van der Waals surface area contributed by atoms with Gasteiger partial charge in [0, 0.05) is 88.3 Å². The van der Waals surface area contributed by atoms with Crippen LogP contribution in [0.2, 0.25) is 0 Å². The molecule has 0 N–H and O–H groups in total. The lowest BCUT2D eigenvalue weighted by atomic mass is 10.3. The van der Waals surface area contributed by atoms with Gasteiger partial charge >= 0.3 is 0 Å². The van der Waals surface area contributed by atoms with Crippen molar-refractivity contribution in [3.63, 3.8) is 0 Å². The predicted octanol–water partition coefficient (Wildman–Crippen LogP) is 5.87. The molecule has 0 atom stereocenters. The van der Waals surface area contributed by atoms with E-state index in [2.05, 4.69) is 55.7 Å². The Balaban J connectivity index is 0.000000190. The van der Waals surface area contributed by atoms with Gasteiger partial charge < -0.3 is 52.2 Å². The SMILES string of the molecule is C1CCOC1.CI.CN1C=CN(c2cccc(P(=O)(c3ccccc3)c3ccccc3)c2)C1.O=P(c1ccccc1)(c1ccccc1)c1cccc(-n2ccnc2)c1.[I-]. The smallest absolute Gasteiger partial charge is 0.171 e. The molecule has 0 unspecified atom stereocenters. The lowest BCUT2D eigenvalue weighted by Gasteiger charge is -2.23. The third-order valence-electron chi connectivity index (χ3n) is 9.70. The van der Waals surface area contributed by atoms with Gasteiger partial charge in [0.25, 0.3) is 0 Å². The number of hydrogen-bond acceptors (Lipinski definition) is 6. The number of benzene rings is 6. The van der Waals surface area contributed by atoms with Crippen molar-refractivity contribution in [1.29, 1.82) is 0 Å². The molecular weight excluding hydrogens is 996 g/mol. The van der Waals surface area contributed by atoms with Gasteiger partial charge in [0.05, 0.1) is 13.0 Å². The van der Waals surface area contributed by atoms with Crippen LogP contribution in [0.1, 0.15) is 12.8 Å². The molecule has 6 aromatic carbocycles. The molecule has 0 aliphatic carbocycles. The summed E-state index contributed by atoms with van der Waals surface area (Å²) in [6, 6.07) is 54.9. The minimum atomic E-state index is -2.94. The number of imidazole rings is 1. The fourth-order valence-corrected chi connectivity index (χ4v) is 12.2. The molecule has 0 saturated carbocycles. The first-order valence-electron chi connectivity index (χ1n) is 19.2. The summed E-state index contributed by atoms with van der Waals surface area (Å²) < 4.78 is 35.6. The summed E-state index contributed by atoms with van der Waals surface area (Å²) in [6.07, 6.45) is 12.0. The normalized spacial score (nSPS) is 13.1. The fraction of sp³-hybridized carbons (Fsp3) is 0.146. The molecule has 7 nitrogen and oxygen atoms in total. The molecule has 0 bridgehead atoms. The second kappa shape index (κ2) is 22.9. The molecule has 0 radical (unpaired) electrons. The summed E-state index contributed by atoms with van der Waals surface area (Å²) >= 11 is 2.15. The van der Waals surface area contributed by atoms with Gasteiger partial charge in [-0.3, -0.25) is 0 Å². The Labute approximate surface area is 380 Å². The van der Waals surface area contributed by atoms with Gasteiger partial charge in [-0.1, -0.05) is 168 Å². The van der Waals surface area contributed by atoms with Crippen molar-refractivity contribution in [1.82, 2.24) is 14.5 Å². The van der Waals surface area contributed by atoms with Crippen LogP contribution in [0.4, 0.5) is 5.69 Å². The van der Waals surface area contributed by atoms with Crippen LogP contribution in [0.3, 0.4) is 0 Å². The first-order valence-corrected chi connectivity index (χ1v) is 24.8. The van der Waals surface area contributed by atoms with Gasteiger partial charge in [-0.05, 0) is 42.0 Å². The predicted molar refractivity (Wildman–Crippen MR) is 253 cm³/mol. The molecule has 0 spiro atoms. The third kappa shape index (κ3) is 11.3. The van der Waals surface area contributed by atoms with E-state index in [1.165, 1.54) is 12.8 Å². The van der Waals surface area contributed by atoms with E-state index in [0.717, 1.165) is 63.1 Å². The molecule has 1 saturated heterocycles. The van der Waals surface area contributed by atoms with Crippen molar-refractivity contribution >= 4 is 74.4 Å². The zero-order valence-corrected chi connectivity index (χ0v) is 39.4. The average molecular weight is 1050 g/mol. The Hall–Kier alpha value is -4.25. The molecule has 9 rings (SSSR count). The molecule has 3 heterocycles. The summed E-state index contributed by atoms with van der Waals surface area (Å²) in [7, 11) is -3.82. The Bertz CT molecular complexity index is 2320. The standard InChI is InChI=1S/C22H21N2OP.C21H17N2OP.C4H8O.CH3I.HI/c1-23-15-16-24(18-23)19-9-8-14-22(17-19)26(25,20-10-4-2-5-11-20)21-12-6-3-7-13-21;24-25(19-9-3-1-4-10-19,20-11-5-2-6-12-20)21-13-7-8-18(16-21)23-15-14-22-17-23;1-2-4-5-3-1;1-2;/h2-17H,18H2,1H3;1-17H;1-4H2;1H3;1H/p-1. The molecule has 7 aromatic rings. The van der Waals surface area contributed by atoms with Crippen molar-refractivity contribution in [3.05, 3.63) is 201 Å². The minimum absolute atomic E-state index is 0. The van der Waals surface area contributed by atoms with E-state index in [9.17, 15) is 9.13 Å². The zero-order valence-electron chi connectivity index (χ0n) is 33.3. The lowest BCUT2D eigenvalue weighted by molar-refractivity contribution is -0.0000142. The molecule has 11 heteroatoms. The van der Waals surface area contributed by atoms with Crippen molar-refractivity contribution in [2.24, 2.45) is 0 Å². The van der Waals surface area contributed by atoms with E-state index in [1.807, 2.05) is 187 Å². The maximum absolute atomic E-state index is 14.4. The topological polar surface area (TPSA) is 67.7 Å². The summed E-state index contributed by atoms with van der Waals surface area (Å²) in [5.41, 5.74) is 2.00. The van der Waals surface area contributed by atoms with Crippen LogP contribution >= 0.6 is 36.9 Å². The molecular formula is C48H49I2N4O3P2-. The number of halogens is 2. The van der Waals surface area contributed by atoms with E-state index < -0.39 is 14.3 Å². The van der Waals surface area contributed by atoms with E-state index in [0.29, 0.717) is 0 Å². The van der Waals surface area contributed by atoms with Crippen LogP contribution in [-0.4, -0.2) is 46.3 Å². The lowest BCUT2D eigenvalue weighted by Crippen LogP contribution is -3.00. The number of rotatable bonds is 8. The monoisotopic (exact) mass is 1050 g/mol. The zero-order chi connectivity index (χ0) is 40.6. The summed E-state index contributed by atoms with van der Waals surface area (Å²) in [4.78, 5) is 10.3. The number of aromatic nitrogens is 2. The van der Waals surface area contributed by atoms with Gasteiger partial charge in [-0.15, -0.1) is 0 Å². The Morgan fingerprint density at radius 2 is 0.949 bits per heavy atom. The summed E-state index contributed by atoms with van der Waals surface area (Å²) in [5, 5.41) is 5.06. The maximum Gasteiger partial charge on any atom is 0.171 e. The molecule has 2 aliphatic rings. The number of nitrogens with zero attached hydrogens (tertiary/aromatic N) is 4. The van der Waals surface area contributed by atoms with Crippen molar-refractivity contribution in [2.75, 3.05) is 36.8 Å². The number of anilines is 1. The van der Waals surface area contributed by atoms with E-state index in [4.69, 9.17) is 4.74 Å². The van der Waals surface area contributed by atoms with Gasteiger partial charge in [0.2, 0.25) is 0 Å². The van der Waals surface area contributed by atoms with Gasteiger partial charge in [-0.25, -0.2) is 4.98 Å². The number of alkyl halides is 1. The van der Waals surface area contributed by atoms with Crippen LogP contribution in [0.5, 0.6) is 0 Å². The second-order valence-electron chi connectivity index (χ2n) is 13.6. The van der Waals surface area contributed by atoms with Crippen LogP contribution in [0.15, 0.2) is 201 Å². The summed E-state index contributed by atoms with van der Waals surface area (Å²) in [5.74, 6) is 0. The largest absolute Gasteiger partial charge is 1.00 e. The highest BCUT2D eigenvalue weighted by molar-refractivity contribution is 14.1. The highest BCUT2D eigenvalue weighted by Gasteiger charge is 2.31. The highest BCUT2D eigenvalue weighted by atomic mass is 127. The second-order valence-corrected chi connectivity index (χ2v) is 19.1. The molecule has 304 valence electrons. The van der Waals surface area contributed by atoms with Crippen molar-refractivity contribution < 1.29 is 37.8 Å². The molecule has 1 fully saturated rings. The van der Waals surface area contributed by atoms with Crippen molar-refractivity contribution in [2.45, 2.75) is 12.8 Å². The number of hydrogen-bond donors (Lipinski definition) is 0. The highest BCUT2D eigenvalue weighted by Crippen LogP contribution is 2.44. The molecule has 59 heavy (non-hydrogen) atoms. The van der Waals surface area contributed by atoms with E-state index >= 15 is 0 Å². The van der Waals surface area contributed by atoms with Crippen LogP contribution in [-0.2, 0) is 13.9 Å². The van der Waals surface area contributed by atoms with Crippen molar-refractivity contribution in [3.8, 4) is 5.69 Å². The van der Waals surface area contributed by atoms with Gasteiger partial charge in [0.15, 0.2) is 14.3 Å². The fourth-order valence-electron chi connectivity index (χ4n) is 6.78. The first kappa shape index (κ1) is 45.8. The Morgan fingerprint density at radius 1 is 0.542 bits per heavy atom. The average Bonchev–Trinajstić information content (AvgIpc) is 4.15. The van der Waals surface area contributed by atoms with E-state index in [-0.39, 0.29) is 24.0 Å². The third-order valence-corrected chi connectivity index (χ3v) is 15.8. The minimum Gasteiger partial charge on any atom is -1.00 e. The number of ether oxygens (including phenoxy) is 1. The summed E-state index contributed by atoms with van der Waals surface area (Å²) in [6.45, 7) is 2.80. The Kier molecular flexibility index (Phi) is 17.8. The maximum atomic E-state index is 14.4. The molecule has 0 amide bonds. The van der Waals surface area contributed by atoms with Crippen LogP contribution in [0, 0.1) is 0 Å². The Morgan fingerprint density at radius 3 is 1.31 bits per heavy atom. The quantitative estimate of drug-likeness (QED) is 0.108. The van der Waals surface area contributed by atoms with E-state index in [1.54, 1.807) is 12.5 Å². The first-order chi connectivity index (χ1) is 28.5. The van der Waals surface area contributed by atoms with Gasteiger partial charge in [-0.2, -0.15) is 0 Å². The molecule has 2 aliphatic heterocycles. The van der Waals surface area contributed by atoms with Crippen LogP contribution < -0.4 is 60.7 Å². The van der Waals surface area contributed by atoms with Gasteiger partial charge in [0.1, 0.15) is 0 Å². The van der Waals surface area contributed by atoms with Crippen LogP contribution in [0.25, 0.3) is 5.69 Å². The molecule has 1 aromatic heterocycles.